The maximum atomic E-state index is 13.0. The van der Waals surface area contributed by atoms with Gasteiger partial charge in [-0.15, -0.1) is 0 Å². The van der Waals surface area contributed by atoms with Crippen LogP contribution in [0.2, 0.25) is 0 Å². The standard InChI is InChI=1S/C20H21N3O3S/c1-15-9-11-18(12-10-15)27(24,25)23-13-5-8-17(14-23)20-21-19(22-26-20)16-6-3-2-4-7-16/h2-4,6-7,9-12,17H,5,8,13-14H2,1H3. The van der Waals surface area contributed by atoms with Gasteiger partial charge in [-0.3, -0.25) is 0 Å². The molecule has 3 aromatic rings. The smallest absolute Gasteiger partial charge is 0.243 e. The van der Waals surface area contributed by atoms with E-state index in [-0.39, 0.29) is 5.92 Å². The Hall–Kier alpha value is -2.51. The number of sulfonamides is 1. The summed E-state index contributed by atoms with van der Waals surface area (Å²) >= 11 is 0. The first-order valence-electron chi connectivity index (χ1n) is 9.00. The van der Waals surface area contributed by atoms with Crippen LogP contribution in [0.4, 0.5) is 0 Å². The third-order valence-electron chi connectivity index (χ3n) is 4.87. The fourth-order valence-electron chi connectivity index (χ4n) is 3.33. The molecule has 1 aromatic heterocycles. The molecule has 1 fully saturated rings. The van der Waals surface area contributed by atoms with Gasteiger partial charge in [-0.25, -0.2) is 8.42 Å². The minimum absolute atomic E-state index is 0.0936. The summed E-state index contributed by atoms with van der Waals surface area (Å²) < 4.78 is 32.9. The summed E-state index contributed by atoms with van der Waals surface area (Å²) in [6.07, 6.45) is 1.59. The summed E-state index contributed by atoms with van der Waals surface area (Å²) in [6.45, 7) is 2.80. The van der Waals surface area contributed by atoms with Crippen molar-refractivity contribution in [2.24, 2.45) is 0 Å². The Balaban J connectivity index is 1.55. The topological polar surface area (TPSA) is 76.3 Å². The van der Waals surface area contributed by atoms with Gasteiger partial charge in [0.05, 0.1) is 10.8 Å². The van der Waals surface area contributed by atoms with Crippen molar-refractivity contribution in [1.29, 1.82) is 0 Å². The van der Waals surface area contributed by atoms with Gasteiger partial charge in [0.2, 0.25) is 21.7 Å². The van der Waals surface area contributed by atoms with Gasteiger partial charge in [0.15, 0.2) is 0 Å². The van der Waals surface area contributed by atoms with Crippen LogP contribution in [0.1, 0.15) is 30.2 Å². The first kappa shape index (κ1) is 17.9. The molecule has 0 N–H and O–H groups in total. The fourth-order valence-corrected chi connectivity index (χ4v) is 4.85. The summed E-state index contributed by atoms with van der Waals surface area (Å²) in [7, 11) is -3.52. The minimum Gasteiger partial charge on any atom is -0.339 e. The third-order valence-corrected chi connectivity index (χ3v) is 6.75. The first-order valence-corrected chi connectivity index (χ1v) is 10.4. The third kappa shape index (κ3) is 3.65. The number of rotatable bonds is 4. The van der Waals surface area contributed by atoms with Crippen LogP contribution in [0.15, 0.2) is 64.0 Å². The second kappa shape index (κ2) is 7.25. The van der Waals surface area contributed by atoms with E-state index in [1.165, 1.54) is 4.31 Å². The van der Waals surface area contributed by atoms with Gasteiger partial charge in [-0.2, -0.15) is 9.29 Å². The van der Waals surface area contributed by atoms with Crippen molar-refractivity contribution in [3.63, 3.8) is 0 Å². The van der Waals surface area contributed by atoms with Crippen LogP contribution in [0.5, 0.6) is 0 Å². The summed E-state index contributed by atoms with van der Waals surface area (Å²) in [5.41, 5.74) is 1.91. The number of aryl methyl sites for hydroxylation is 1. The molecule has 0 bridgehead atoms. The molecule has 0 radical (unpaired) electrons. The van der Waals surface area contributed by atoms with Gasteiger partial charge >= 0.3 is 0 Å². The zero-order valence-corrected chi connectivity index (χ0v) is 15.9. The maximum Gasteiger partial charge on any atom is 0.243 e. The van der Waals surface area contributed by atoms with Crippen molar-refractivity contribution in [1.82, 2.24) is 14.4 Å². The summed E-state index contributed by atoms with van der Waals surface area (Å²) in [6, 6.07) is 16.6. The largest absolute Gasteiger partial charge is 0.339 e. The van der Waals surface area contributed by atoms with Gasteiger partial charge in [0, 0.05) is 18.7 Å². The zero-order chi connectivity index (χ0) is 18.9. The second-order valence-corrected chi connectivity index (χ2v) is 8.78. The van der Waals surface area contributed by atoms with E-state index in [1.54, 1.807) is 12.1 Å². The van der Waals surface area contributed by atoms with Crippen molar-refractivity contribution in [2.45, 2.75) is 30.6 Å². The van der Waals surface area contributed by atoms with Crippen LogP contribution < -0.4 is 0 Å². The molecule has 1 saturated heterocycles. The maximum absolute atomic E-state index is 13.0. The van der Waals surface area contributed by atoms with Crippen LogP contribution in [-0.4, -0.2) is 36.0 Å². The fraction of sp³-hybridized carbons (Fsp3) is 0.300. The highest BCUT2D eigenvalue weighted by atomic mass is 32.2. The lowest BCUT2D eigenvalue weighted by Crippen LogP contribution is -2.39. The molecule has 7 heteroatoms. The van der Waals surface area contributed by atoms with Crippen LogP contribution >= 0.6 is 0 Å². The van der Waals surface area contributed by atoms with E-state index < -0.39 is 10.0 Å². The summed E-state index contributed by atoms with van der Waals surface area (Å²) in [4.78, 5) is 4.83. The number of hydrogen-bond donors (Lipinski definition) is 0. The lowest BCUT2D eigenvalue weighted by molar-refractivity contribution is 0.265. The molecule has 0 aliphatic carbocycles. The average molecular weight is 383 g/mol. The van der Waals surface area contributed by atoms with Crippen LogP contribution in [-0.2, 0) is 10.0 Å². The van der Waals surface area contributed by atoms with Crippen molar-refractivity contribution < 1.29 is 12.9 Å². The van der Waals surface area contributed by atoms with Crippen LogP contribution in [0.25, 0.3) is 11.4 Å². The van der Waals surface area contributed by atoms with Crippen molar-refractivity contribution >= 4 is 10.0 Å². The predicted molar refractivity (Wildman–Crippen MR) is 102 cm³/mol. The number of hydrogen-bond acceptors (Lipinski definition) is 5. The highest BCUT2D eigenvalue weighted by Gasteiger charge is 2.33. The lowest BCUT2D eigenvalue weighted by Gasteiger charge is -2.30. The molecule has 0 amide bonds. The van der Waals surface area contributed by atoms with Crippen LogP contribution in [0.3, 0.4) is 0 Å². The molecule has 0 spiro atoms. The van der Waals surface area contributed by atoms with E-state index in [0.29, 0.717) is 29.7 Å². The minimum atomic E-state index is -3.52. The van der Waals surface area contributed by atoms with E-state index in [9.17, 15) is 8.42 Å². The van der Waals surface area contributed by atoms with E-state index >= 15 is 0 Å². The van der Waals surface area contributed by atoms with Gasteiger partial charge in [0.25, 0.3) is 0 Å². The summed E-state index contributed by atoms with van der Waals surface area (Å²) in [5, 5.41) is 4.06. The molecular formula is C20H21N3O3S. The molecule has 1 aliphatic rings. The molecule has 1 unspecified atom stereocenters. The van der Waals surface area contributed by atoms with Gasteiger partial charge in [-0.05, 0) is 31.9 Å². The molecule has 140 valence electrons. The lowest BCUT2D eigenvalue weighted by atomic mass is 10.00. The van der Waals surface area contributed by atoms with Gasteiger partial charge in [0.1, 0.15) is 0 Å². The van der Waals surface area contributed by atoms with Gasteiger partial charge in [-0.1, -0.05) is 53.2 Å². The van der Waals surface area contributed by atoms with E-state index in [2.05, 4.69) is 10.1 Å². The normalized spacial score (nSPS) is 18.5. The molecule has 4 rings (SSSR count). The quantitative estimate of drug-likeness (QED) is 0.688. The zero-order valence-electron chi connectivity index (χ0n) is 15.1. The first-order chi connectivity index (χ1) is 13.0. The number of nitrogens with zero attached hydrogens (tertiary/aromatic N) is 3. The van der Waals surface area contributed by atoms with Crippen molar-refractivity contribution in [3.8, 4) is 11.4 Å². The van der Waals surface area contributed by atoms with E-state index in [4.69, 9.17) is 4.52 Å². The molecule has 2 aromatic carbocycles. The monoisotopic (exact) mass is 383 g/mol. The Kier molecular flexibility index (Phi) is 4.80. The molecule has 2 heterocycles. The van der Waals surface area contributed by atoms with Crippen molar-refractivity contribution in [2.75, 3.05) is 13.1 Å². The Morgan fingerprint density at radius 1 is 1.07 bits per heavy atom. The van der Waals surface area contributed by atoms with E-state index in [1.807, 2.05) is 49.4 Å². The highest BCUT2D eigenvalue weighted by Crippen LogP contribution is 2.30. The average Bonchev–Trinajstić information content (AvgIpc) is 3.19. The molecule has 1 atom stereocenters. The molecule has 6 nitrogen and oxygen atoms in total. The molecule has 0 saturated carbocycles. The van der Waals surface area contributed by atoms with Crippen molar-refractivity contribution in [3.05, 3.63) is 66.1 Å². The molecule has 1 aliphatic heterocycles. The number of benzene rings is 2. The number of aromatic nitrogens is 2. The van der Waals surface area contributed by atoms with E-state index in [0.717, 1.165) is 24.0 Å². The summed E-state index contributed by atoms with van der Waals surface area (Å²) in [5.74, 6) is 0.936. The highest BCUT2D eigenvalue weighted by molar-refractivity contribution is 7.89. The number of piperidine rings is 1. The SMILES string of the molecule is Cc1ccc(S(=O)(=O)N2CCCC(c3nc(-c4ccccc4)no3)C2)cc1. The Bertz CT molecular complexity index is 1010. The molecule has 27 heavy (non-hydrogen) atoms. The molecular weight excluding hydrogens is 362 g/mol. The van der Waals surface area contributed by atoms with Gasteiger partial charge < -0.3 is 4.52 Å². The van der Waals surface area contributed by atoms with Crippen LogP contribution in [0, 0.1) is 6.92 Å². The Labute approximate surface area is 158 Å². The second-order valence-electron chi connectivity index (χ2n) is 6.84. The Morgan fingerprint density at radius 2 is 1.81 bits per heavy atom. The predicted octanol–water partition coefficient (Wildman–Crippen LogP) is 3.61. The Morgan fingerprint density at radius 3 is 2.56 bits per heavy atom.